The molecule has 2 rings (SSSR count). The number of carbonyl (C=O) groups is 1. The van der Waals surface area contributed by atoms with E-state index in [0.29, 0.717) is 11.4 Å². The van der Waals surface area contributed by atoms with E-state index in [9.17, 15) is 18.3 Å². The fourth-order valence-electron chi connectivity index (χ4n) is 1.86. The molecular formula is C14H18N4O5S. The van der Waals surface area contributed by atoms with Gasteiger partial charge in [-0.15, -0.1) is 0 Å². The number of nitrogens with zero attached hydrogens (tertiary/aromatic N) is 2. The van der Waals surface area contributed by atoms with Crippen LogP contribution in [0, 0.1) is 13.8 Å². The molecule has 2 heterocycles. The van der Waals surface area contributed by atoms with Gasteiger partial charge < -0.3 is 9.52 Å². The minimum absolute atomic E-state index is 0.0168. The molecule has 0 bridgehead atoms. The van der Waals surface area contributed by atoms with E-state index in [-0.39, 0.29) is 11.5 Å². The van der Waals surface area contributed by atoms with E-state index in [1.165, 1.54) is 13.8 Å². The van der Waals surface area contributed by atoms with Crippen LogP contribution in [0.4, 0.5) is 10.7 Å². The molecule has 2 amide bonds. The largest absolute Gasteiger partial charge is 0.451 e. The van der Waals surface area contributed by atoms with E-state index in [4.69, 9.17) is 4.42 Å². The number of urea groups is 1. The molecule has 0 aliphatic heterocycles. The van der Waals surface area contributed by atoms with Gasteiger partial charge >= 0.3 is 6.03 Å². The van der Waals surface area contributed by atoms with Gasteiger partial charge in [-0.2, -0.15) is 8.42 Å². The number of furan rings is 1. The lowest BCUT2D eigenvalue weighted by molar-refractivity contribution is 0.0779. The van der Waals surface area contributed by atoms with Crippen molar-refractivity contribution >= 4 is 22.0 Å². The Balaban J connectivity index is 2.14. The second-order valence-electron chi connectivity index (χ2n) is 5.75. The van der Waals surface area contributed by atoms with Gasteiger partial charge in [0.2, 0.25) is 11.0 Å². The molecule has 2 aromatic rings. The summed E-state index contributed by atoms with van der Waals surface area (Å²) < 4.78 is 31.0. The third-order valence-corrected chi connectivity index (χ3v) is 4.18. The van der Waals surface area contributed by atoms with Gasteiger partial charge in [-0.05, 0) is 33.8 Å². The average molecular weight is 354 g/mol. The predicted octanol–water partition coefficient (Wildman–Crippen LogP) is 1.42. The minimum atomic E-state index is -4.23. The SMILES string of the molecule is Cc1cc(C)nc(NC(=O)NS(=O)(=O)c2cc(C(C)(C)O)co2)n1. The van der Waals surface area contributed by atoms with Crippen molar-refractivity contribution in [2.24, 2.45) is 0 Å². The van der Waals surface area contributed by atoms with Crippen LogP contribution in [0.2, 0.25) is 0 Å². The van der Waals surface area contributed by atoms with Crippen molar-refractivity contribution in [3.8, 4) is 0 Å². The maximum atomic E-state index is 12.1. The summed E-state index contributed by atoms with van der Waals surface area (Å²) in [5, 5.41) is 11.6. The predicted molar refractivity (Wildman–Crippen MR) is 84.8 cm³/mol. The zero-order valence-electron chi connectivity index (χ0n) is 13.6. The molecule has 10 heteroatoms. The fraction of sp³-hybridized carbons (Fsp3) is 0.357. The molecule has 0 spiro atoms. The van der Waals surface area contributed by atoms with E-state index >= 15 is 0 Å². The van der Waals surface area contributed by atoms with Gasteiger partial charge in [-0.3, -0.25) is 5.32 Å². The summed E-state index contributed by atoms with van der Waals surface area (Å²) in [6.45, 7) is 6.39. The molecule has 0 fully saturated rings. The Hall–Kier alpha value is -2.46. The molecule has 2 aromatic heterocycles. The Morgan fingerprint density at radius 2 is 1.79 bits per heavy atom. The van der Waals surface area contributed by atoms with E-state index in [0.717, 1.165) is 12.3 Å². The van der Waals surface area contributed by atoms with E-state index in [1.54, 1.807) is 24.6 Å². The van der Waals surface area contributed by atoms with Gasteiger partial charge in [0.15, 0.2) is 0 Å². The highest BCUT2D eigenvalue weighted by molar-refractivity contribution is 7.89. The van der Waals surface area contributed by atoms with Gasteiger partial charge in [-0.25, -0.2) is 19.5 Å². The Kier molecular flexibility index (Phi) is 4.63. The standard InChI is InChI=1S/C14H18N4O5S/c1-8-5-9(2)16-12(15-8)17-13(19)18-24(21,22)11-6-10(7-23-11)14(3,4)20/h5-7,20H,1-4H3,(H2,15,16,17,18,19). The summed E-state index contributed by atoms with van der Waals surface area (Å²) in [6.07, 6.45) is 1.11. The molecule has 24 heavy (non-hydrogen) atoms. The van der Waals surface area contributed by atoms with Crippen molar-refractivity contribution < 1.29 is 22.7 Å². The van der Waals surface area contributed by atoms with Crippen molar-refractivity contribution in [2.45, 2.75) is 38.4 Å². The molecular weight excluding hydrogens is 336 g/mol. The van der Waals surface area contributed by atoms with Crippen LogP contribution < -0.4 is 10.0 Å². The number of amides is 2. The normalized spacial score (nSPS) is 12.0. The Bertz CT molecular complexity index is 847. The van der Waals surface area contributed by atoms with Gasteiger partial charge in [-0.1, -0.05) is 0 Å². The third-order valence-electron chi connectivity index (χ3n) is 2.98. The first-order valence-electron chi connectivity index (χ1n) is 6.95. The minimum Gasteiger partial charge on any atom is -0.451 e. The van der Waals surface area contributed by atoms with Crippen LogP contribution in [0.1, 0.15) is 30.8 Å². The second kappa shape index (κ2) is 6.21. The quantitative estimate of drug-likeness (QED) is 0.756. The molecule has 0 aliphatic carbocycles. The summed E-state index contributed by atoms with van der Waals surface area (Å²) in [5.41, 5.74) is 0.246. The first-order valence-corrected chi connectivity index (χ1v) is 8.43. The molecule has 0 unspecified atom stereocenters. The van der Waals surface area contributed by atoms with E-state index < -0.39 is 26.7 Å². The summed E-state index contributed by atoms with van der Waals surface area (Å²) >= 11 is 0. The number of sulfonamides is 1. The summed E-state index contributed by atoms with van der Waals surface area (Å²) in [5.74, 6) is -0.0168. The zero-order chi connectivity index (χ0) is 18.1. The lowest BCUT2D eigenvalue weighted by Crippen LogP contribution is -2.34. The molecule has 0 atom stereocenters. The number of aliphatic hydroxyl groups is 1. The third kappa shape index (κ3) is 4.30. The lowest BCUT2D eigenvalue weighted by atomic mass is 10.0. The highest BCUT2D eigenvalue weighted by Gasteiger charge is 2.26. The fourth-order valence-corrected chi connectivity index (χ4v) is 2.71. The average Bonchev–Trinajstić information content (AvgIpc) is 2.85. The van der Waals surface area contributed by atoms with Crippen LogP contribution in [0.25, 0.3) is 0 Å². The van der Waals surface area contributed by atoms with Gasteiger partial charge in [0.25, 0.3) is 10.0 Å². The molecule has 0 radical (unpaired) electrons. The van der Waals surface area contributed by atoms with Crippen LogP contribution in [-0.2, 0) is 15.6 Å². The highest BCUT2D eigenvalue weighted by Crippen LogP contribution is 2.24. The molecule has 0 saturated carbocycles. The molecule has 3 N–H and O–H groups in total. The van der Waals surface area contributed by atoms with Crippen molar-refractivity contribution in [3.05, 3.63) is 35.3 Å². The topological polar surface area (TPSA) is 134 Å². The Labute approximate surface area is 139 Å². The first-order chi connectivity index (χ1) is 11.0. The van der Waals surface area contributed by atoms with Crippen LogP contribution >= 0.6 is 0 Å². The molecule has 130 valence electrons. The summed E-state index contributed by atoms with van der Waals surface area (Å²) in [7, 11) is -4.23. The second-order valence-corrected chi connectivity index (χ2v) is 7.36. The van der Waals surface area contributed by atoms with Gasteiger partial charge in [0.1, 0.15) is 0 Å². The number of hydrogen-bond acceptors (Lipinski definition) is 7. The molecule has 0 aromatic carbocycles. The molecule has 0 aliphatic rings. The van der Waals surface area contributed by atoms with Crippen molar-refractivity contribution in [1.29, 1.82) is 0 Å². The number of rotatable bonds is 4. The number of nitrogens with one attached hydrogen (secondary N) is 2. The van der Waals surface area contributed by atoms with Crippen LogP contribution in [0.5, 0.6) is 0 Å². The first kappa shape index (κ1) is 17.9. The smallest absolute Gasteiger partial charge is 0.335 e. The highest BCUT2D eigenvalue weighted by atomic mass is 32.2. The maximum Gasteiger partial charge on any atom is 0.335 e. The number of aryl methyl sites for hydroxylation is 2. The molecule has 0 saturated heterocycles. The van der Waals surface area contributed by atoms with Crippen LogP contribution in [0.15, 0.2) is 27.9 Å². The lowest BCUT2D eigenvalue weighted by Gasteiger charge is -2.13. The maximum absolute atomic E-state index is 12.1. The monoisotopic (exact) mass is 354 g/mol. The summed E-state index contributed by atoms with van der Waals surface area (Å²) in [4.78, 5) is 19.8. The van der Waals surface area contributed by atoms with E-state index in [1.807, 2.05) is 0 Å². The Morgan fingerprint density at radius 3 is 2.29 bits per heavy atom. The zero-order valence-corrected chi connectivity index (χ0v) is 14.4. The van der Waals surface area contributed by atoms with Crippen LogP contribution in [0.3, 0.4) is 0 Å². The van der Waals surface area contributed by atoms with Crippen molar-refractivity contribution in [2.75, 3.05) is 5.32 Å². The number of hydrogen-bond donors (Lipinski definition) is 3. The number of carbonyl (C=O) groups excluding carboxylic acids is 1. The van der Waals surface area contributed by atoms with E-state index in [2.05, 4.69) is 15.3 Å². The summed E-state index contributed by atoms with van der Waals surface area (Å²) in [6, 6.07) is 1.82. The van der Waals surface area contributed by atoms with Crippen molar-refractivity contribution in [3.63, 3.8) is 0 Å². The van der Waals surface area contributed by atoms with Crippen molar-refractivity contribution in [1.82, 2.24) is 14.7 Å². The van der Waals surface area contributed by atoms with Gasteiger partial charge in [0, 0.05) is 23.0 Å². The Morgan fingerprint density at radius 1 is 1.21 bits per heavy atom. The number of anilines is 1. The van der Waals surface area contributed by atoms with Crippen LogP contribution in [-0.4, -0.2) is 29.5 Å². The number of aromatic nitrogens is 2. The molecule has 9 nitrogen and oxygen atoms in total. The van der Waals surface area contributed by atoms with Gasteiger partial charge in [0.05, 0.1) is 11.9 Å².